The lowest BCUT2D eigenvalue weighted by Gasteiger charge is -2.27. The number of carbonyl (C=O) groups excluding carboxylic acids is 1. The molecule has 1 aliphatic carbocycles. The zero-order chi connectivity index (χ0) is 17.7. The van der Waals surface area contributed by atoms with E-state index in [0.29, 0.717) is 12.5 Å². The summed E-state index contributed by atoms with van der Waals surface area (Å²) in [7, 11) is -1.97. The first kappa shape index (κ1) is 19.4. The maximum Gasteiger partial charge on any atom is 0.239 e. The molecule has 0 saturated heterocycles. The van der Waals surface area contributed by atoms with Gasteiger partial charge in [0.25, 0.3) is 0 Å². The second-order valence-corrected chi connectivity index (χ2v) is 9.28. The molecule has 1 amide bonds. The summed E-state index contributed by atoms with van der Waals surface area (Å²) >= 11 is 3.44. The number of carbonyl (C=O) groups is 1. The maximum atomic E-state index is 12.3. The van der Waals surface area contributed by atoms with Crippen molar-refractivity contribution < 1.29 is 13.2 Å². The summed E-state index contributed by atoms with van der Waals surface area (Å²) < 4.78 is 28.1. The van der Waals surface area contributed by atoms with E-state index in [4.69, 9.17) is 0 Å². The van der Waals surface area contributed by atoms with Gasteiger partial charge in [0.2, 0.25) is 15.9 Å². The Morgan fingerprint density at radius 2 is 1.88 bits per heavy atom. The molecule has 7 heteroatoms. The lowest BCUT2D eigenvalue weighted by molar-refractivity contribution is -0.127. The number of nitrogens with one attached hydrogen (secondary N) is 1. The van der Waals surface area contributed by atoms with Gasteiger partial charge >= 0.3 is 0 Å². The minimum atomic E-state index is -3.60. The minimum Gasteiger partial charge on any atom is -0.340 e. The van der Waals surface area contributed by atoms with Crippen LogP contribution in [0, 0.1) is 5.92 Å². The van der Waals surface area contributed by atoms with Gasteiger partial charge in [-0.2, -0.15) is 0 Å². The first-order valence-corrected chi connectivity index (χ1v) is 10.7. The topological polar surface area (TPSA) is 66.5 Å². The van der Waals surface area contributed by atoms with E-state index in [-0.39, 0.29) is 6.04 Å². The number of amides is 1. The Morgan fingerprint density at radius 1 is 1.25 bits per heavy atom. The summed E-state index contributed by atoms with van der Waals surface area (Å²) in [6.45, 7) is 2.56. The summed E-state index contributed by atoms with van der Waals surface area (Å²) in [5.41, 5.74) is 0.944. The van der Waals surface area contributed by atoms with Crippen molar-refractivity contribution >= 4 is 31.9 Å². The highest BCUT2D eigenvalue weighted by atomic mass is 79.9. The average molecular weight is 417 g/mol. The van der Waals surface area contributed by atoms with Crippen LogP contribution >= 0.6 is 15.9 Å². The zero-order valence-electron chi connectivity index (χ0n) is 14.2. The van der Waals surface area contributed by atoms with Crippen molar-refractivity contribution in [3.8, 4) is 0 Å². The van der Waals surface area contributed by atoms with E-state index in [2.05, 4.69) is 27.6 Å². The Balaban J connectivity index is 1.89. The number of hydrogen-bond donors (Lipinski definition) is 1. The van der Waals surface area contributed by atoms with Crippen LogP contribution in [0.15, 0.2) is 28.7 Å². The average Bonchev–Trinajstić information content (AvgIpc) is 2.51. The van der Waals surface area contributed by atoms with Crippen LogP contribution in [0.4, 0.5) is 0 Å². The van der Waals surface area contributed by atoms with E-state index in [9.17, 15) is 13.2 Å². The molecule has 1 aromatic carbocycles. The van der Waals surface area contributed by atoms with Crippen LogP contribution in [0.25, 0.3) is 0 Å². The standard InChI is InChI=1S/C17H25BrN2O3S/c1-13-7-9-15(10-8-13)19-24(22,23)12-17(21)20(2)11-14-5-3-4-6-16(14)18/h3-6,13,15,19H,7-12H2,1-2H3. The predicted octanol–water partition coefficient (Wildman–Crippen LogP) is 2.91. The van der Waals surface area contributed by atoms with Gasteiger partial charge in [-0.25, -0.2) is 13.1 Å². The number of benzene rings is 1. The number of halogens is 1. The van der Waals surface area contributed by atoms with Gasteiger partial charge in [-0.1, -0.05) is 41.1 Å². The normalized spacial score (nSPS) is 21.5. The second-order valence-electron chi connectivity index (χ2n) is 6.67. The second kappa shape index (κ2) is 8.45. The Kier molecular flexibility index (Phi) is 6.83. The minimum absolute atomic E-state index is 0.0347. The summed E-state index contributed by atoms with van der Waals surface area (Å²) in [5, 5.41) is 0. The van der Waals surface area contributed by atoms with E-state index in [1.807, 2.05) is 24.3 Å². The highest BCUT2D eigenvalue weighted by Gasteiger charge is 2.26. The van der Waals surface area contributed by atoms with Crippen molar-refractivity contribution in [1.82, 2.24) is 9.62 Å². The summed E-state index contributed by atoms with van der Waals surface area (Å²) in [5.74, 6) is -0.245. The first-order chi connectivity index (χ1) is 11.3. The molecule has 0 spiro atoms. The Labute approximate surface area is 153 Å². The van der Waals surface area contributed by atoms with E-state index in [0.717, 1.165) is 35.7 Å². The van der Waals surface area contributed by atoms with Crippen molar-refractivity contribution in [2.24, 2.45) is 5.92 Å². The molecule has 134 valence electrons. The molecule has 1 fully saturated rings. The fourth-order valence-corrected chi connectivity index (χ4v) is 4.70. The monoisotopic (exact) mass is 416 g/mol. The van der Waals surface area contributed by atoms with Crippen LogP contribution < -0.4 is 4.72 Å². The van der Waals surface area contributed by atoms with Gasteiger partial charge in [-0.05, 0) is 43.2 Å². The van der Waals surface area contributed by atoms with Crippen LogP contribution in [0.5, 0.6) is 0 Å². The highest BCUT2D eigenvalue weighted by molar-refractivity contribution is 9.10. The van der Waals surface area contributed by atoms with Crippen molar-refractivity contribution in [1.29, 1.82) is 0 Å². The zero-order valence-corrected chi connectivity index (χ0v) is 16.6. The van der Waals surface area contributed by atoms with Crippen LogP contribution in [0.2, 0.25) is 0 Å². The SMILES string of the molecule is CC1CCC(NS(=O)(=O)CC(=O)N(C)Cc2ccccc2Br)CC1. The number of nitrogens with zero attached hydrogens (tertiary/aromatic N) is 1. The van der Waals surface area contributed by atoms with Crippen LogP contribution in [-0.4, -0.2) is 38.1 Å². The first-order valence-electron chi connectivity index (χ1n) is 8.24. The molecule has 0 heterocycles. The lowest BCUT2D eigenvalue weighted by Crippen LogP contribution is -2.42. The number of sulfonamides is 1. The van der Waals surface area contributed by atoms with Crippen molar-refractivity contribution in [2.75, 3.05) is 12.8 Å². The van der Waals surface area contributed by atoms with E-state index >= 15 is 0 Å². The van der Waals surface area contributed by atoms with Crippen molar-refractivity contribution in [3.63, 3.8) is 0 Å². The van der Waals surface area contributed by atoms with Crippen LogP contribution in [0.1, 0.15) is 38.2 Å². The molecule has 5 nitrogen and oxygen atoms in total. The molecular weight excluding hydrogens is 392 g/mol. The lowest BCUT2D eigenvalue weighted by atomic mass is 9.88. The Morgan fingerprint density at radius 3 is 2.50 bits per heavy atom. The van der Waals surface area contributed by atoms with Gasteiger partial charge in [-0.3, -0.25) is 4.79 Å². The Hall–Kier alpha value is -0.920. The molecule has 0 aromatic heterocycles. The van der Waals surface area contributed by atoms with Gasteiger partial charge in [0, 0.05) is 24.1 Å². The van der Waals surface area contributed by atoms with Crippen molar-refractivity contribution in [3.05, 3.63) is 34.3 Å². The van der Waals surface area contributed by atoms with Gasteiger partial charge in [0.15, 0.2) is 0 Å². The molecule has 1 aromatic rings. The van der Waals surface area contributed by atoms with Crippen LogP contribution in [0.3, 0.4) is 0 Å². The summed E-state index contributed by atoms with van der Waals surface area (Å²) in [6, 6.07) is 7.56. The van der Waals surface area contributed by atoms with Gasteiger partial charge < -0.3 is 4.90 Å². The summed E-state index contributed by atoms with van der Waals surface area (Å²) in [4.78, 5) is 13.7. The third-order valence-electron chi connectivity index (χ3n) is 4.47. The molecule has 0 unspecified atom stereocenters. The predicted molar refractivity (Wildman–Crippen MR) is 99.0 cm³/mol. The third kappa shape index (κ3) is 5.86. The van der Waals surface area contributed by atoms with Gasteiger partial charge in [0.05, 0.1) is 0 Å². The molecule has 1 saturated carbocycles. The third-order valence-corrected chi connectivity index (χ3v) is 6.56. The molecule has 24 heavy (non-hydrogen) atoms. The number of hydrogen-bond acceptors (Lipinski definition) is 3. The largest absolute Gasteiger partial charge is 0.340 e. The molecule has 0 atom stereocenters. The molecular formula is C17H25BrN2O3S. The van der Waals surface area contributed by atoms with Gasteiger partial charge in [0.1, 0.15) is 5.75 Å². The number of rotatable bonds is 6. The molecule has 0 aliphatic heterocycles. The molecule has 0 bridgehead atoms. The maximum absolute atomic E-state index is 12.3. The smallest absolute Gasteiger partial charge is 0.239 e. The quantitative estimate of drug-likeness (QED) is 0.774. The van der Waals surface area contributed by atoms with Crippen LogP contribution in [-0.2, 0) is 21.4 Å². The molecule has 1 N–H and O–H groups in total. The van der Waals surface area contributed by atoms with E-state index < -0.39 is 21.7 Å². The highest BCUT2D eigenvalue weighted by Crippen LogP contribution is 2.24. The molecule has 0 radical (unpaired) electrons. The van der Waals surface area contributed by atoms with Crippen molar-refractivity contribution in [2.45, 2.75) is 45.2 Å². The fourth-order valence-electron chi connectivity index (χ4n) is 2.92. The van der Waals surface area contributed by atoms with Gasteiger partial charge in [-0.15, -0.1) is 0 Å². The van der Waals surface area contributed by atoms with E-state index in [1.54, 1.807) is 7.05 Å². The fraction of sp³-hybridized carbons (Fsp3) is 0.588. The summed E-state index contributed by atoms with van der Waals surface area (Å²) in [6.07, 6.45) is 3.76. The molecule has 2 rings (SSSR count). The Bertz CT molecular complexity index is 670. The van der Waals surface area contributed by atoms with E-state index in [1.165, 1.54) is 4.90 Å². The molecule has 1 aliphatic rings.